The number of anilines is 2. The van der Waals surface area contributed by atoms with Crippen LogP contribution in [0.4, 0.5) is 11.5 Å². The number of ether oxygens (including phenoxy) is 1. The topological polar surface area (TPSA) is 107 Å². The number of aryl methyl sites for hydroxylation is 1. The minimum Gasteiger partial charge on any atom is -0.424 e. The zero-order chi connectivity index (χ0) is 24.4. The fourth-order valence-corrected chi connectivity index (χ4v) is 4.07. The summed E-state index contributed by atoms with van der Waals surface area (Å²) in [5.41, 5.74) is 12.8. The molecule has 0 fully saturated rings. The number of benzene rings is 2. The molecule has 0 bridgehead atoms. The lowest BCUT2D eigenvalue weighted by Crippen LogP contribution is -2.06. The molecule has 35 heavy (non-hydrogen) atoms. The van der Waals surface area contributed by atoms with Crippen molar-refractivity contribution in [1.29, 1.82) is 0 Å². The molecule has 3 aromatic heterocycles. The van der Waals surface area contributed by atoms with Gasteiger partial charge in [0.15, 0.2) is 0 Å². The summed E-state index contributed by atoms with van der Waals surface area (Å²) in [5.74, 6) is 0.797. The summed E-state index contributed by atoms with van der Waals surface area (Å²) >= 11 is 0. The second-order valence-electron chi connectivity index (χ2n) is 7.80. The molecule has 0 saturated heterocycles. The van der Waals surface area contributed by atoms with Gasteiger partial charge >= 0.3 is 6.01 Å². The lowest BCUT2D eigenvalue weighted by molar-refractivity contribution is -0.111. The van der Waals surface area contributed by atoms with Crippen molar-refractivity contribution in [2.45, 2.75) is 6.92 Å². The van der Waals surface area contributed by atoms with Crippen LogP contribution in [-0.2, 0) is 4.79 Å². The number of nitrogens with two attached hydrogens (primary N) is 1. The summed E-state index contributed by atoms with van der Waals surface area (Å²) in [6, 6.07) is 17.4. The van der Waals surface area contributed by atoms with Gasteiger partial charge in [0.1, 0.15) is 11.6 Å². The molecule has 172 valence electrons. The molecule has 0 aliphatic heterocycles. The Balaban J connectivity index is 1.60. The van der Waals surface area contributed by atoms with Gasteiger partial charge in [0.25, 0.3) is 0 Å². The molecule has 0 radical (unpaired) electrons. The number of aromatic nitrogens is 4. The van der Waals surface area contributed by atoms with Crippen LogP contribution in [0, 0.1) is 6.92 Å². The maximum Gasteiger partial charge on any atom is 0.321 e. The first-order chi connectivity index (χ1) is 17.0. The third-order valence-electron chi connectivity index (χ3n) is 5.64. The van der Waals surface area contributed by atoms with E-state index >= 15 is 0 Å². The lowest BCUT2D eigenvalue weighted by Gasteiger charge is -2.10. The number of fused-ring (bicyclic) bond motifs is 1. The second-order valence-corrected chi connectivity index (χ2v) is 7.80. The molecule has 0 saturated carbocycles. The smallest absolute Gasteiger partial charge is 0.321 e. The van der Waals surface area contributed by atoms with Gasteiger partial charge in [0, 0.05) is 47.3 Å². The van der Waals surface area contributed by atoms with Crippen molar-refractivity contribution < 1.29 is 9.53 Å². The summed E-state index contributed by atoms with van der Waals surface area (Å²) in [7, 11) is 0. The molecule has 5 aromatic rings. The van der Waals surface area contributed by atoms with Gasteiger partial charge in [0.2, 0.25) is 5.91 Å². The molecular formula is C27H22N6O2. The highest BCUT2D eigenvalue weighted by Gasteiger charge is 2.21. The van der Waals surface area contributed by atoms with Gasteiger partial charge in [-0.2, -0.15) is 0 Å². The molecule has 3 heterocycles. The Morgan fingerprint density at radius 1 is 0.971 bits per heavy atom. The number of hydrogen-bond donors (Lipinski definition) is 2. The first-order valence-electron chi connectivity index (χ1n) is 10.9. The van der Waals surface area contributed by atoms with Gasteiger partial charge < -0.3 is 20.2 Å². The van der Waals surface area contributed by atoms with E-state index < -0.39 is 0 Å². The number of nitrogens with zero attached hydrogens (tertiary/aromatic N) is 4. The summed E-state index contributed by atoms with van der Waals surface area (Å²) in [6.45, 7) is 5.54. The minimum atomic E-state index is -0.258. The number of carbonyl (C=O) groups is 1. The number of nitrogen functional groups attached to an aromatic ring is 1. The third kappa shape index (κ3) is 4.20. The van der Waals surface area contributed by atoms with Crippen molar-refractivity contribution in [3.63, 3.8) is 0 Å². The number of carbonyl (C=O) groups excluding carboxylic acids is 1. The molecule has 0 atom stereocenters. The Morgan fingerprint density at radius 2 is 1.63 bits per heavy atom. The molecule has 0 aliphatic rings. The van der Waals surface area contributed by atoms with Crippen LogP contribution in [0.15, 0.2) is 92.0 Å². The third-order valence-corrected chi connectivity index (χ3v) is 5.64. The molecule has 5 rings (SSSR count). The van der Waals surface area contributed by atoms with Crippen LogP contribution in [-0.4, -0.2) is 25.3 Å². The molecular weight excluding hydrogens is 440 g/mol. The molecule has 8 heteroatoms. The quantitative estimate of drug-likeness (QED) is 0.333. The molecule has 3 N–H and O–H groups in total. The largest absolute Gasteiger partial charge is 0.424 e. The van der Waals surface area contributed by atoms with E-state index in [0.29, 0.717) is 17.3 Å². The van der Waals surface area contributed by atoms with Crippen LogP contribution in [0.25, 0.3) is 27.8 Å². The average molecular weight is 463 g/mol. The van der Waals surface area contributed by atoms with Crippen LogP contribution in [0.3, 0.4) is 0 Å². The van der Waals surface area contributed by atoms with Crippen molar-refractivity contribution in [2.75, 3.05) is 11.1 Å². The van der Waals surface area contributed by atoms with Gasteiger partial charge in [-0.3, -0.25) is 4.79 Å². The zero-order valence-electron chi connectivity index (χ0n) is 19.0. The maximum absolute atomic E-state index is 11.7. The molecule has 2 aromatic carbocycles. The highest BCUT2D eigenvalue weighted by Crippen LogP contribution is 2.42. The Morgan fingerprint density at radius 3 is 2.31 bits per heavy atom. The first kappa shape index (κ1) is 21.8. The van der Waals surface area contributed by atoms with Crippen molar-refractivity contribution in [2.24, 2.45) is 0 Å². The predicted molar refractivity (Wildman–Crippen MR) is 136 cm³/mol. The Labute approximate surface area is 201 Å². The van der Waals surface area contributed by atoms with E-state index in [1.54, 1.807) is 24.7 Å². The molecule has 0 aliphatic carbocycles. The summed E-state index contributed by atoms with van der Waals surface area (Å²) in [4.78, 5) is 24.2. The van der Waals surface area contributed by atoms with Gasteiger partial charge in [-0.1, -0.05) is 30.8 Å². The normalized spacial score (nSPS) is 10.8. The van der Waals surface area contributed by atoms with Crippen molar-refractivity contribution in [3.05, 3.63) is 97.7 Å². The Bertz CT molecular complexity index is 1520. The summed E-state index contributed by atoms with van der Waals surface area (Å²) in [6.07, 6.45) is 8.08. The van der Waals surface area contributed by atoms with E-state index in [1.807, 2.05) is 66.1 Å². The summed E-state index contributed by atoms with van der Waals surface area (Å²) < 4.78 is 7.79. The van der Waals surface area contributed by atoms with Gasteiger partial charge in [0.05, 0.1) is 5.52 Å². The van der Waals surface area contributed by atoms with Gasteiger partial charge in [-0.15, -0.1) is 0 Å². The van der Waals surface area contributed by atoms with Crippen molar-refractivity contribution >= 4 is 22.9 Å². The SMILES string of the molecule is C=CC(=O)Nc1ccc(-c2c(-c3ccc(Oc4ncccn4)cc3)c3c(N)nccn3c2C)cc1. The van der Waals surface area contributed by atoms with Crippen LogP contribution in [0.2, 0.25) is 0 Å². The Kier molecular flexibility index (Phi) is 5.68. The standard InChI is InChI=1S/C27H22N6O2/c1-3-22(34)32-20-9-5-18(6-10-20)23-17(2)33-16-15-29-26(28)25(33)24(23)19-7-11-21(12-8-19)35-27-30-13-4-14-31-27/h3-16H,1H2,2H3,(H2,28,29)(H,32,34). The van der Waals surface area contributed by atoms with E-state index in [2.05, 4.69) is 26.8 Å². The van der Waals surface area contributed by atoms with Crippen LogP contribution in [0.5, 0.6) is 11.8 Å². The fourth-order valence-electron chi connectivity index (χ4n) is 4.07. The summed E-state index contributed by atoms with van der Waals surface area (Å²) in [5, 5.41) is 2.78. The molecule has 0 unspecified atom stereocenters. The molecule has 0 spiro atoms. The number of rotatable bonds is 6. The number of hydrogen-bond acceptors (Lipinski definition) is 6. The molecule has 8 nitrogen and oxygen atoms in total. The van der Waals surface area contributed by atoms with Crippen LogP contribution >= 0.6 is 0 Å². The van der Waals surface area contributed by atoms with E-state index in [4.69, 9.17) is 10.5 Å². The first-order valence-corrected chi connectivity index (χ1v) is 10.9. The predicted octanol–water partition coefficient (Wildman–Crippen LogP) is 5.27. The number of amides is 1. The van der Waals surface area contributed by atoms with Crippen molar-refractivity contribution in [1.82, 2.24) is 19.4 Å². The highest BCUT2D eigenvalue weighted by atomic mass is 16.5. The Hall–Kier alpha value is -4.98. The number of nitrogens with one attached hydrogen (secondary N) is 1. The van der Waals surface area contributed by atoms with E-state index in [9.17, 15) is 4.79 Å². The van der Waals surface area contributed by atoms with Crippen molar-refractivity contribution in [3.8, 4) is 34.0 Å². The average Bonchev–Trinajstić information content (AvgIpc) is 3.19. The van der Waals surface area contributed by atoms with E-state index in [0.717, 1.165) is 33.5 Å². The monoisotopic (exact) mass is 462 g/mol. The van der Waals surface area contributed by atoms with Gasteiger partial charge in [-0.25, -0.2) is 15.0 Å². The lowest BCUT2D eigenvalue weighted by atomic mass is 9.95. The maximum atomic E-state index is 11.7. The minimum absolute atomic E-state index is 0.258. The molecule has 1 amide bonds. The van der Waals surface area contributed by atoms with Gasteiger partial charge in [-0.05, 0) is 54.5 Å². The van der Waals surface area contributed by atoms with Crippen LogP contribution < -0.4 is 15.8 Å². The van der Waals surface area contributed by atoms with E-state index in [1.165, 1.54) is 6.08 Å². The zero-order valence-corrected chi connectivity index (χ0v) is 19.0. The second kappa shape index (κ2) is 9.11. The highest BCUT2D eigenvalue weighted by molar-refractivity contribution is 6.01. The van der Waals surface area contributed by atoms with E-state index in [-0.39, 0.29) is 11.9 Å². The fraction of sp³-hybridized carbons (Fsp3) is 0.0370. The van der Waals surface area contributed by atoms with Crippen LogP contribution in [0.1, 0.15) is 5.69 Å².